The number of carbonyl (C=O) groups is 1. The van der Waals surface area contributed by atoms with Gasteiger partial charge in [0.05, 0.1) is 30.2 Å². The van der Waals surface area contributed by atoms with E-state index in [0.717, 1.165) is 25.5 Å². The van der Waals surface area contributed by atoms with Gasteiger partial charge >= 0.3 is 6.18 Å². The molecule has 0 radical (unpaired) electrons. The number of hydrogen-bond donors (Lipinski definition) is 1. The molecule has 3 rings (SSSR count). The molecule has 1 aromatic carbocycles. The molecule has 2 aromatic rings. The highest BCUT2D eigenvalue weighted by Crippen LogP contribution is 2.30. The van der Waals surface area contributed by atoms with Crippen LogP contribution in [0.25, 0.3) is 10.9 Å². The van der Waals surface area contributed by atoms with E-state index in [1.807, 2.05) is 0 Å². The molecular formula is C19H20F4N2O2. The van der Waals surface area contributed by atoms with Crippen molar-refractivity contribution < 1.29 is 27.1 Å². The lowest BCUT2D eigenvalue weighted by Crippen LogP contribution is -2.53. The summed E-state index contributed by atoms with van der Waals surface area (Å²) in [5, 5.41) is 2.83. The minimum absolute atomic E-state index is 0.0558. The van der Waals surface area contributed by atoms with Crippen LogP contribution < -0.4 is 5.32 Å². The van der Waals surface area contributed by atoms with Crippen molar-refractivity contribution in [2.45, 2.75) is 50.4 Å². The maximum absolute atomic E-state index is 13.7. The molecule has 4 nitrogen and oxygen atoms in total. The topological polar surface area (TPSA) is 51.2 Å². The van der Waals surface area contributed by atoms with E-state index in [2.05, 4.69) is 10.3 Å². The van der Waals surface area contributed by atoms with Gasteiger partial charge in [-0.15, -0.1) is 0 Å². The van der Waals surface area contributed by atoms with Crippen LogP contribution in [0.5, 0.6) is 0 Å². The molecule has 8 heteroatoms. The quantitative estimate of drug-likeness (QED) is 0.752. The van der Waals surface area contributed by atoms with Gasteiger partial charge in [-0.25, -0.2) is 4.39 Å². The molecule has 0 aliphatic heterocycles. The number of halogens is 4. The molecule has 1 atom stereocenters. The number of nitrogens with one attached hydrogen (secondary N) is 1. The molecule has 1 heterocycles. The molecule has 0 spiro atoms. The monoisotopic (exact) mass is 384 g/mol. The second kappa shape index (κ2) is 7.42. The second-order valence-corrected chi connectivity index (χ2v) is 7.21. The molecule has 1 amide bonds. The molecule has 146 valence electrons. The van der Waals surface area contributed by atoms with E-state index >= 15 is 0 Å². The number of amides is 1. The van der Waals surface area contributed by atoms with Crippen LogP contribution in [0.1, 0.15) is 43.0 Å². The first-order valence-corrected chi connectivity index (χ1v) is 8.70. The van der Waals surface area contributed by atoms with Crippen molar-refractivity contribution in [3.05, 3.63) is 41.8 Å². The number of hydrogen-bond acceptors (Lipinski definition) is 3. The van der Waals surface area contributed by atoms with E-state index in [4.69, 9.17) is 4.74 Å². The number of para-hydroxylation sites is 1. The Balaban J connectivity index is 1.78. The van der Waals surface area contributed by atoms with Crippen molar-refractivity contribution in [2.75, 3.05) is 6.61 Å². The fourth-order valence-corrected chi connectivity index (χ4v) is 3.01. The van der Waals surface area contributed by atoms with Crippen LogP contribution in [0.4, 0.5) is 17.6 Å². The van der Waals surface area contributed by atoms with Crippen LogP contribution in [0.2, 0.25) is 0 Å². The van der Waals surface area contributed by atoms with Crippen molar-refractivity contribution in [3.8, 4) is 0 Å². The van der Waals surface area contributed by atoms with Gasteiger partial charge in [0, 0.05) is 11.6 Å². The predicted molar refractivity (Wildman–Crippen MR) is 91.8 cm³/mol. The molecule has 27 heavy (non-hydrogen) atoms. The number of rotatable bonds is 6. The van der Waals surface area contributed by atoms with Gasteiger partial charge in [-0.3, -0.25) is 9.78 Å². The summed E-state index contributed by atoms with van der Waals surface area (Å²) < 4.78 is 58.3. The fraction of sp³-hybridized carbons (Fsp3) is 0.474. The van der Waals surface area contributed by atoms with Crippen molar-refractivity contribution in [3.63, 3.8) is 0 Å². The van der Waals surface area contributed by atoms with Gasteiger partial charge in [0.2, 0.25) is 0 Å². The van der Waals surface area contributed by atoms with Gasteiger partial charge < -0.3 is 10.1 Å². The molecule has 1 N–H and O–H groups in total. The Hall–Kier alpha value is -2.22. The summed E-state index contributed by atoms with van der Waals surface area (Å²) >= 11 is 0. The van der Waals surface area contributed by atoms with Gasteiger partial charge in [0.15, 0.2) is 0 Å². The number of alkyl halides is 3. The number of ether oxygens (including phenoxy) is 1. The first kappa shape index (κ1) is 19.5. The minimum Gasteiger partial charge on any atom is -0.376 e. The van der Waals surface area contributed by atoms with E-state index in [1.165, 1.54) is 25.1 Å². The van der Waals surface area contributed by atoms with Crippen LogP contribution in [0, 0.1) is 5.82 Å². The number of aromatic nitrogens is 1. The van der Waals surface area contributed by atoms with E-state index in [-0.39, 0.29) is 23.8 Å². The SMILES string of the molecule is CC(COC1CCC1)(CC(F)(F)F)NC(=O)c1cnc2c(F)cccc2c1. The average molecular weight is 384 g/mol. The second-order valence-electron chi connectivity index (χ2n) is 7.21. The van der Waals surface area contributed by atoms with Crippen LogP contribution in [-0.2, 0) is 4.74 Å². The van der Waals surface area contributed by atoms with Crippen molar-refractivity contribution in [2.24, 2.45) is 0 Å². The summed E-state index contributed by atoms with van der Waals surface area (Å²) in [5.74, 6) is -1.24. The molecule has 1 aliphatic rings. The van der Waals surface area contributed by atoms with Gasteiger partial charge in [0.25, 0.3) is 5.91 Å². The first-order valence-electron chi connectivity index (χ1n) is 8.70. The van der Waals surface area contributed by atoms with Crippen molar-refractivity contribution >= 4 is 16.8 Å². The molecule has 1 aromatic heterocycles. The Bertz CT molecular complexity index is 836. The maximum Gasteiger partial charge on any atom is 0.391 e. The first-order chi connectivity index (χ1) is 12.7. The van der Waals surface area contributed by atoms with Gasteiger partial charge in [-0.1, -0.05) is 12.1 Å². The molecule has 1 aliphatic carbocycles. The number of benzene rings is 1. The Morgan fingerprint density at radius 3 is 2.70 bits per heavy atom. The van der Waals surface area contributed by atoms with Crippen LogP contribution in [0.3, 0.4) is 0 Å². The largest absolute Gasteiger partial charge is 0.391 e. The Morgan fingerprint density at radius 2 is 2.07 bits per heavy atom. The summed E-state index contributed by atoms with van der Waals surface area (Å²) in [6, 6.07) is 5.70. The zero-order valence-corrected chi connectivity index (χ0v) is 14.8. The van der Waals surface area contributed by atoms with E-state index in [0.29, 0.717) is 5.39 Å². The van der Waals surface area contributed by atoms with E-state index < -0.39 is 29.9 Å². The third-order valence-electron chi connectivity index (χ3n) is 4.62. The molecule has 1 fully saturated rings. The minimum atomic E-state index is -4.46. The maximum atomic E-state index is 13.7. The fourth-order valence-electron chi connectivity index (χ4n) is 3.01. The summed E-state index contributed by atoms with van der Waals surface area (Å²) in [6.45, 7) is 1.07. The molecular weight excluding hydrogens is 364 g/mol. The lowest BCUT2D eigenvalue weighted by atomic mass is 9.94. The highest BCUT2D eigenvalue weighted by Gasteiger charge is 2.41. The summed E-state index contributed by atoms with van der Waals surface area (Å²) in [4.78, 5) is 16.4. The zero-order chi connectivity index (χ0) is 19.7. The van der Waals surface area contributed by atoms with Crippen LogP contribution >= 0.6 is 0 Å². The number of carbonyl (C=O) groups excluding carboxylic acids is 1. The molecule has 0 bridgehead atoms. The van der Waals surface area contributed by atoms with Gasteiger partial charge in [-0.2, -0.15) is 13.2 Å². The number of fused-ring (bicyclic) bond motifs is 1. The summed E-state index contributed by atoms with van der Waals surface area (Å²) in [6.07, 6.45) is -1.95. The highest BCUT2D eigenvalue weighted by atomic mass is 19.4. The third kappa shape index (κ3) is 4.94. The molecule has 0 saturated heterocycles. The van der Waals surface area contributed by atoms with E-state index in [9.17, 15) is 22.4 Å². The lowest BCUT2D eigenvalue weighted by Gasteiger charge is -2.35. The van der Waals surface area contributed by atoms with Crippen molar-refractivity contribution in [1.29, 1.82) is 0 Å². The summed E-state index contributed by atoms with van der Waals surface area (Å²) in [7, 11) is 0. The smallest absolute Gasteiger partial charge is 0.376 e. The Kier molecular flexibility index (Phi) is 5.37. The molecule has 1 saturated carbocycles. The average Bonchev–Trinajstić information content (AvgIpc) is 2.51. The van der Waals surface area contributed by atoms with E-state index in [1.54, 1.807) is 6.07 Å². The predicted octanol–water partition coefficient (Wildman–Crippen LogP) is 4.38. The highest BCUT2D eigenvalue weighted by molar-refractivity contribution is 5.97. The van der Waals surface area contributed by atoms with Gasteiger partial charge in [-0.05, 0) is 38.3 Å². The Labute approximate surface area is 153 Å². The van der Waals surface area contributed by atoms with Crippen LogP contribution in [0.15, 0.2) is 30.5 Å². The standard InChI is InChI=1S/C19H20F4N2O2/c1-18(10-19(21,22)23,11-27-14-5-3-6-14)25-17(26)13-8-12-4-2-7-15(20)16(12)24-9-13/h2,4,7-9,14H,3,5-6,10-11H2,1H3,(H,25,26). The zero-order valence-electron chi connectivity index (χ0n) is 14.8. The number of pyridine rings is 1. The lowest BCUT2D eigenvalue weighted by molar-refractivity contribution is -0.156. The Morgan fingerprint density at radius 1 is 1.33 bits per heavy atom. The number of nitrogens with zero attached hydrogens (tertiary/aromatic N) is 1. The van der Waals surface area contributed by atoms with Crippen molar-refractivity contribution in [1.82, 2.24) is 10.3 Å². The molecule has 1 unspecified atom stereocenters. The third-order valence-corrected chi connectivity index (χ3v) is 4.62. The van der Waals surface area contributed by atoms with Gasteiger partial charge in [0.1, 0.15) is 11.3 Å². The summed E-state index contributed by atoms with van der Waals surface area (Å²) in [5.41, 5.74) is -1.45. The van der Waals surface area contributed by atoms with Crippen LogP contribution in [-0.4, -0.2) is 35.3 Å². The normalized spacial score (nSPS) is 17.4.